The van der Waals surface area contributed by atoms with Crippen LogP contribution in [0.5, 0.6) is 0 Å². The van der Waals surface area contributed by atoms with E-state index in [1.54, 1.807) is 25.4 Å². The molecule has 0 aliphatic carbocycles. The number of nitrogens with zero attached hydrogens (tertiary/aromatic N) is 3. The smallest absolute Gasteiger partial charge is 0.326 e. The van der Waals surface area contributed by atoms with Crippen LogP contribution >= 0.6 is 0 Å². The van der Waals surface area contributed by atoms with Crippen molar-refractivity contribution in [3.05, 3.63) is 30.2 Å². The van der Waals surface area contributed by atoms with Crippen LogP contribution in [-0.2, 0) is 4.79 Å². The van der Waals surface area contributed by atoms with Gasteiger partial charge in [0.15, 0.2) is 5.65 Å². The maximum atomic E-state index is 12.2. The number of amides is 1. The summed E-state index contributed by atoms with van der Waals surface area (Å²) < 4.78 is 1.47. The van der Waals surface area contributed by atoms with Gasteiger partial charge in [-0.15, -0.1) is 0 Å². The van der Waals surface area contributed by atoms with Gasteiger partial charge in [0.05, 0.1) is 6.20 Å². The fraction of sp³-hybridized carbons (Fsp3) is 0.385. The van der Waals surface area contributed by atoms with Gasteiger partial charge in [-0.05, 0) is 12.0 Å². The minimum atomic E-state index is -1.04. The van der Waals surface area contributed by atoms with Crippen LogP contribution in [0.2, 0.25) is 0 Å². The van der Waals surface area contributed by atoms with E-state index in [9.17, 15) is 14.7 Å². The van der Waals surface area contributed by atoms with Crippen LogP contribution in [0.25, 0.3) is 5.65 Å². The van der Waals surface area contributed by atoms with Crippen molar-refractivity contribution in [2.24, 2.45) is 5.92 Å². The lowest BCUT2D eigenvalue weighted by Gasteiger charge is -2.19. The lowest BCUT2D eigenvalue weighted by atomic mass is 9.99. The third-order valence-electron chi connectivity index (χ3n) is 3.29. The molecule has 2 aromatic heterocycles. The van der Waals surface area contributed by atoms with Crippen LogP contribution in [0.4, 0.5) is 0 Å². The number of aliphatic carboxylic acids is 1. The van der Waals surface area contributed by atoms with E-state index in [4.69, 9.17) is 0 Å². The Hall–Kier alpha value is -2.44. The molecule has 2 rings (SSSR count). The monoisotopic (exact) mass is 276 g/mol. The van der Waals surface area contributed by atoms with Gasteiger partial charge in [-0.25, -0.2) is 14.3 Å². The van der Waals surface area contributed by atoms with Crippen molar-refractivity contribution in [2.75, 3.05) is 0 Å². The molecule has 0 radical (unpaired) electrons. The Bertz CT molecular complexity index is 637. The summed E-state index contributed by atoms with van der Waals surface area (Å²) in [7, 11) is 0. The van der Waals surface area contributed by atoms with Gasteiger partial charge in [0.2, 0.25) is 0 Å². The first kappa shape index (κ1) is 14.0. The zero-order valence-electron chi connectivity index (χ0n) is 11.3. The molecule has 2 aromatic rings. The molecule has 0 aliphatic heterocycles. The molecule has 0 aliphatic rings. The molecule has 0 aromatic carbocycles. The Morgan fingerprint density at radius 1 is 1.50 bits per heavy atom. The Labute approximate surface area is 115 Å². The molecule has 106 valence electrons. The molecule has 2 N–H and O–H groups in total. The number of hydrogen-bond acceptors (Lipinski definition) is 4. The predicted octanol–water partition coefficient (Wildman–Crippen LogP) is 0.958. The Morgan fingerprint density at radius 3 is 2.90 bits per heavy atom. The summed E-state index contributed by atoms with van der Waals surface area (Å²) in [6.45, 7) is 3.66. The van der Waals surface area contributed by atoms with E-state index in [-0.39, 0.29) is 11.5 Å². The van der Waals surface area contributed by atoms with E-state index in [0.29, 0.717) is 12.1 Å². The molecule has 2 atom stereocenters. The van der Waals surface area contributed by atoms with E-state index in [1.165, 1.54) is 10.7 Å². The first-order valence-electron chi connectivity index (χ1n) is 6.36. The van der Waals surface area contributed by atoms with Gasteiger partial charge < -0.3 is 10.4 Å². The number of fused-ring (bicyclic) bond motifs is 1. The van der Waals surface area contributed by atoms with E-state index in [0.717, 1.165) is 0 Å². The topological polar surface area (TPSA) is 96.6 Å². The Kier molecular flexibility index (Phi) is 3.97. The van der Waals surface area contributed by atoms with E-state index < -0.39 is 17.9 Å². The van der Waals surface area contributed by atoms with E-state index >= 15 is 0 Å². The molecule has 20 heavy (non-hydrogen) atoms. The Morgan fingerprint density at radius 2 is 2.25 bits per heavy atom. The summed E-state index contributed by atoms with van der Waals surface area (Å²) in [5.74, 6) is -1.69. The van der Waals surface area contributed by atoms with Crippen LogP contribution < -0.4 is 5.32 Å². The first-order chi connectivity index (χ1) is 9.54. The van der Waals surface area contributed by atoms with E-state index in [2.05, 4.69) is 15.4 Å². The van der Waals surface area contributed by atoms with Crippen LogP contribution in [0, 0.1) is 5.92 Å². The normalized spacial score (nSPS) is 13.9. The molecule has 0 spiro atoms. The standard InChI is InChI=1S/C13H16N4O3/c1-3-8(2)10(13(19)20)16-12(18)9-7-15-17-6-4-5-14-11(9)17/h4-8,10H,3H2,1-2H3,(H,16,18)(H,19,20)/t8-,10-/m0/s1. The Balaban J connectivity index is 2.25. The van der Waals surface area contributed by atoms with Crippen molar-refractivity contribution < 1.29 is 14.7 Å². The molecule has 0 unspecified atom stereocenters. The SMILES string of the molecule is CC[C@H](C)[C@H](NC(=O)c1cnn2cccnc12)C(=O)O. The number of carbonyl (C=O) groups excluding carboxylic acids is 1. The average molecular weight is 276 g/mol. The fourth-order valence-electron chi connectivity index (χ4n) is 1.89. The summed E-state index contributed by atoms with van der Waals surface area (Å²) in [5.41, 5.74) is 0.665. The second-order valence-electron chi connectivity index (χ2n) is 4.62. The number of carboxylic acid groups (broad SMARTS) is 1. The maximum absolute atomic E-state index is 12.2. The molecule has 0 saturated carbocycles. The van der Waals surface area contributed by atoms with Crippen LogP contribution in [0.1, 0.15) is 30.6 Å². The molecule has 0 bridgehead atoms. The molecule has 0 saturated heterocycles. The van der Waals surface area contributed by atoms with E-state index in [1.807, 2.05) is 6.92 Å². The van der Waals surface area contributed by atoms with Gasteiger partial charge in [0.1, 0.15) is 11.6 Å². The van der Waals surface area contributed by atoms with Crippen molar-refractivity contribution in [3.63, 3.8) is 0 Å². The average Bonchev–Trinajstić information content (AvgIpc) is 2.87. The minimum absolute atomic E-state index is 0.161. The largest absolute Gasteiger partial charge is 0.480 e. The number of hydrogen-bond donors (Lipinski definition) is 2. The second kappa shape index (κ2) is 5.68. The third-order valence-corrected chi connectivity index (χ3v) is 3.29. The van der Waals surface area contributed by atoms with Crippen molar-refractivity contribution in [1.82, 2.24) is 19.9 Å². The lowest BCUT2D eigenvalue weighted by Crippen LogP contribution is -2.45. The first-order valence-corrected chi connectivity index (χ1v) is 6.36. The summed E-state index contributed by atoms with van der Waals surface area (Å²) in [6, 6.07) is 0.770. The van der Waals surface area contributed by atoms with Crippen molar-refractivity contribution >= 4 is 17.5 Å². The molecule has 7 heteroatoms. The fourth-order valence-corrected chi connectivity index (χ4v) is 1.89. The summed E-state index contributed by atoms with van der Waals surface area (Å²) in [5, 5.41) is 15.7. The molecule has 1 amide bonds. The van der Waals surface area contributed by atoms with Gasteiger partial charge in [0.25, 0.3) is 5.91 Å². The zero-order valence-corrected chi connectivity index (χ0v) is 11.3. The third kappa shape index (κ3) is 2.61. The van der Waals surface area contributed by atoms with Gasteiger partial charge in [-0.3, -0.25) is 4.79 Å². The predicted molar refractivity (Wildman–Crippen MR) is 71.3 cm³/mol. The molecular weight excluding hydrogens is 260 g/mol. The number of aromatic nitrogens is 3. The lowest BCUT2D eigenvalue weighted by molar-refractivity contribution is -0.140. The number of nitrogens with one attached hydrogen (secondary N) is 1. The highest BCUT2D eigenvalue weighted by Gasteiger charge is 2.27. The van der Waals surface area contributed by atoms with Crippen LogP contribution in [0.15, 0.2) is 24.7 Å². The van der Waals surface area contributed by atoms with Crippen molar-refractivity contribution in [1.29, 1.82) is 0 Å². The molecule has 2 heterocycles. The van der Waals surface area contributed by atoms with Gasteiger partial charge in [0, 0.05) is 12.4 Å². The quantitative estimate of drug-likeness (QED) is 0.847. The second-order valence-corrected chi connectivity index (χ2v) is 4.62. The van der Waals surface area contributed by atoms with Crippen LogP contribution in [0.3, 0.4) is 0 Å². The summed E-state index contributed by atoms with van der Waals surface area (Å²) in [4.78, 5) is 27.5. The van der Waals surface area contributed by atoms with Crippen molar-refractivity contribution in [2.45, 2.75) is 26.3 Å². The highest BCUT2D eigenvalue weighted by molar-refractivity contribution is 6.01. The summed E-state index contributed by atoms with van der Waals surface area (Å²) >= 11 is 0. The van der Waals surface area contributed by atoms with Crippen LogP contribution in [-0.4, -0.2) is 37.6 Å². The van der Waals surface area contributed by atoms with Gasteiger partial charge in [-0.1, -0.05) is 20.3 Å². The number of rotatable bonds is 5. The summed E-state index contributed by atoms with van der Waals surface area (Å²) in [6.07, 6.45) is 5.26. The van der Waals surface area contributed by atoms with Crippen molar-refractivity contribution in [3.8, 4) is 0 Å². The maximum Gasteiger partial charge on any atom is 0.326 e. The molecular formula is C13H16N4O3. The minimum Gasteiger partial charge on any atom is -0.480 e. The van der Waals surface area contributed by atoms with Gasteiger partial charge in [-0.2, -0.15) is 5.10 Å². The number of carbonyl (C=O) groups is 2. The zero-order chi connectivity index (χ0) is 14.7. The van der Waals surface area contributed by atoms with Gasteiger partial charge >= 0.3 is 5.97 Å². The molecule has 0 fully saturated rings. The number of carboxylic acids is 1. The highest BCUT2D eigenvalue weighted by atomic mass is 16.4. The molecule has 7 nitrogen and oxygen atoms in total. The highest BCUT2D eigenvalue weighted by Crippen LogP contribution is 2.11.